The standard InChI is InChI=1S/C16H23NO4/c1-4-16(2,3)15(20)21-8-11(18)17-13-10-6-5-9(7-10)12(13)14(17)19/h9-10,12-13H,4-8H2,1-3H3. The Kier molecular flexibility index (Phi) is 3.34. The van der Waals surface area contributed by atoms with E-state index in [1.807, 2.05) is 6.92 Å². The minimum atomic E-state index is -0.589. The summed E-state index contributed by atoms with van der Waals surface area (Å²) >= 11 is 0. The minimum absolute atomic E-state index is 0.0528. The third kappa shape index (κ3) is 2.09. The Morgan fingerprint density at radius 1 is 1.29 bits per heavy atom. The average Bonchev–Trinajstić information content (AvgIpc) is 3.02. The van der Waals surface area contributed by atoms with Crippen molar-refractivity contribution in [2.45, 2.75) is 52.5 Å². The number of ether oxygens (including phenoxy) is 1. The molecule has 1 aliphatic heterocycles. The van der Waals surface area contributed by atoms with Crippen LogP contribution >= 0.6 is 0 Å². The molecule has 0 radical (unpaired) electrons. The number of amides is 2. The van der Waals surface area contributed by atoms with Crippen molar-refractivity contribution in [1.29, 1.82) is 0 Å². The molecular formula is C16H23NO4. The molecule has 2 saturated carbocycles. The molecule has 116 valence electrons. The molecule has 0 aromatic heterocycles. The molecule has 1 saturated heterocycles. The van der Waals surface area contributed by atoms with Crippen LogP contribution in [0.3, 0.4) is 0 Å². The molecule has 0 aromatic rings. The molecule has 2 bridgehead atoms. The van der Waals surface area contributed by atoms with Crippen molar-refractivity contribution >= 4 is 17.8 Å². The quantitative estimate of drug-likeness (QED) is 0.585. The van der Waals surface area contributed by atoms with Gasteiger partial charge in [-0.05, 0) is 51.4 Å². The van der Waals surface area contributed by atoms with Crippen LogP contribution in [0.5, 0.6) is 0 Å². The molecule has 21 heavy (non-hydrogen) atoms. The maximum atomic E-state index is 12.2. The summed E-state index contributed by atoms with van der Waals surface area (Å²) in [4.78, 5) is 37.6. The number of hydrogen-bond acceptors (Lipinski definition) is 4. The van der Waals surface area contributed by atoms with Gasteiger partial charge in [0.25, 0.3) is 5.91 Å². The van der Waals surface area contributed by atoms with Gasteiger partial charge in [0.15, 0.2) is 6.61 Å². The number of carbonyl (C=O) groups excluding carboxylic acids is 3. The maximum absolute atomic E-state index is 12.2. The van der Waals surface area contributed by atoms with E-state index >= 15 is 0 Å². The molecule has 2 aliphatic carbocycles. The third-order valence-corrected chi connectivity index (χ3v) is 5.73. The van der Waals surface area contributed by atoms with E-state index in [9.17, 15) is 14.4 Å². The highest BCUT2D eigenvalue weighted by molar-refractivity contribution is 6.03. The van der Waals surface area contributed by atoms with Crippen LogP contribution in [0, 0.1) is 23.2 Å². The number of β-lactam (4-membered cyclic amide) rings is 1. The first-order valence-corrected chi connectivity index (χ1v) is 7.90. The largest absolute Gasteiger partial charge is 0.455 e. The summed E-state index contributed by atoms with van der Waals surface area (Å²) in [6, 6.07) is 0.0848. The second-order valence-corrected chi connectivity index (χ2v) is 7.27. The van der Waals surface area contributed by atoms with Gasteiger partial charge in [-0.25, -0.2) is 0 Å². The molecule has 2 amide bonds. The van der Waals surface area contributed by atoms with Crippen molar-refractivity contribution in [2.75, 3.05) is 6.61 Å². The van der Waals surface area contributed by atoms with E-state index in [2.05, 4.69) is 0 Å². The molecule has 0 spiro atoms. The number of likely N-dealkylation sites (tertiary alicyclic amines) is 1. The van der Waals surface area contributed by atoms with Gasteiger partial charge in [0.05, 0.1) is 17.4 Å². The van der Waals surface area contributed by atoms with E-state index in [1.165, 1.54) is 4.90 Å². The van der Waals surface area contributed by atoms with Gasteiger partial charge in [-0.1, -0.05) is 6.92 Å². The number of fused-ring (bicyclic) bond motifs is 5. The average molecular weight is 293 g/mol. The molecular weight excluding hydrogens is 270 g/mol. The number of nitrogens with zero attached hydrogens (tertiary/aromatic N) is 1. The summed E-state index contributed by atoms with van der Waals surface area (Å²) in [5, 5.41) is 0. The Morgan fingerprint density at radius 3 is 2.62 bits per heavy atom. The minimum Gasteiger partial charge on any atom is -0.455 e. The predicted octanol–water partition coefficient (Wildman–Crippen LogP) is 1.75. The fourth-order valence-corrected chi connectivity index (χ4v) is 4.03. The van der Waals surface area contributed by atoms with Gasteiger partial charge in [0, 0.05) is 0 Å². The van der Waals surface area contributed by atoms with E-state index in [1.54, 1.807) is 13.8 Å². The lowest BCUT2D eigenvalue weighted by atomic mass is 9.76. The van der Waals surface area contributed by atoms with Crippen LogP contribution < -0.4 is 0 Å². The summed E-state index contributed by atoms with van der Waals surface area (Å²) in [5.74, 6) is 0.242. The van der Waals surface area contributed by atoms with Crippen LogP contribution in [0.4, 0.5) is 0 Å². The van der Waals surface area contributed by atoms with Gasteiger partial charge in [-0.2, -0.15) is 0 Å². The third-order valence-electron chi connectivity index (χ3n) is 5.73. The van der Waals surface area contributed by atoms with Crippen LogP contribution in [0.2, 0.25) is 0 Å². The maximum Gasteiger partial charge on any atom is 0.312 e. The van der Waals surface area contributed by atoms with Gasteiger partial charge >= 0.3 is 5.97 Å². The SMILES string of the molecule is CCC(C)(C)C(=O)OCC(=O)N1C(=O)C2C3CCC(C3)C21. The van der Waals surface area contributed by atoms with Crippen LogP contribution in [0.15, 0.2) is 0 Å². The number of carbonyl (C=O) groups is 3. The Hall–Kier alpha value is -1.39. The van der Waals surface area contributed by atoms with Crippen molar-refractivity contribution in [3.8, 4) is 0 Å². The molecule has 4 atom stereocenters. The Morgan fingerprint density at radius 2 is 1.95 bits per heavy atom. The lowest BCUT2D eigenvalue weighted by molar-refractivity contribution is -0.176. The van der Waals surface area contributed by atoms with Crippen LogP contribution in [0.1, 0.15) is 46.5 Å². The zero-order valence-corrected chi connectivity index (χ0v) is 12.9. The number of rotatable bonds is 4. The van der Waals surface area contributed by atoms with Crippen molar-refractivity contribution < 1.29 is 19.1 Å². The fourth-order valence-electron chi connectivity index (χ4n) is 4.03. The van der Waals surface area contributed by atoms with Crippen LogP contribution in [0.25, 0.3) is 0 Å². The van der Waals surface area contributed by atoms with Gasteiger partial charge in [0.2, 0.25) is 5.91 Å². The number of hydrogen-bond donors (Lipinski definition) is 0. The van der Waals surface area contributed by atoms with Crippen LogP contribution in [-0.2, 0) is 19.1 Å². The summed E-state index contributed by atoms with van der Waals surface area (Å²) in [5.41, 5.74) is -0.589. The Bertz CT molecular complexity index is 499. The normalized spacial score (nSPS) is 33.7. The molecule has 0 aromatic carbocycles. The highest BCUT2D eigenvalue weighted by atomic mass is 16.5. The lowest BCUT2D eigenvalue weighted by Crippen LogP contribution is -2.65. The van der Waals surface area contributed by atoms with E-state index in [0.29, 0.717) is 18.3 Å². The Balaban J connectivity index is 1.58. The summed E-state index contributed by atoms with van der Waals surface area (Å²) in [6.45, 7) is 5.18. The highest BCUT2D eigenvalue weighted by Gasteiger charge is 2.63. The second-order valence-electron chi connectivity index (χ2n) is 7.27. The first kappa shape index (κ1) is 14.5. The zero-order chi connectivity index (χ0) is 15.4. The summed E-state index contributed by atoms with van der Waals surface area (Å²) in [6.07, 6.45) is 3.97. The smallest absolute Gasteiger partial charge is 0.312 e. The van der Waals surface area contributed by atoms with E-state index in [-0.39, 0.29) is 36.4 Å². The van der Waals surface area contributed by atoms with E-state index in [4.69, 9.17) is 4.74 Å². The molecule has 3 aliphatic rings. The topological polar surface area (TPSA) is 63.7 Å². The van der Waals surface area contributed by atoms with Crippen molar-refractivity contribution in [3.63, 3.8) is 0 Å². The monoisotopic (exact) mass is 293 g/mol. The second kappa shape index (κ2) is 4.82. The first-order chi connectivity index (χ1) is 9.86. The zero-order valence-electron chi connectivity index (χ0n) is 12.9. The molecule has 5 heteroatoms. The first-order valence-electron chi connectivity index (χ1n) is 7.90. The summed E-state index contributed by atoms with van der Waals surface area (Å²) < 4.78 is 5.11. The molecule has 3 rings (SSSR count). The molecule has 4 unspecified atom stereocenters. The molecule has 1 heterocycles. The Labute approximate surface area is 125 Å². The molecule has 0 N–H and O–H groups in total. The van der Waals surface area contributed by atoms with Crippen LogP contribution in [-0.4, -0.2) is 35.3 Å². The highest BCUT2D eigenvalue weighted by Crippen LogP contribution is 2.56. The lowest BCUT2D eigenvalue weighted by Gasteiger charge is -2.47. The van der Waals surface area contributed by atoms with Crippen molar-refractivity contribution in [2.24, 2.45) is 23.2 Å². The van der Waals surface area contributed by atoms with Gasteiger partial charge < -0.3 is 4.74 Å². The number of imide groups is 1. The van der Waals surface area contributed by atoms with Gasteiger partial charge in [-0.15, -0.1) is 0 Å². The van der Waals surface area contributed by atoms with E-state index in [0.717, 1.165) is 19.3 Å². The fraction of sp³-hybridized carbons (Fsp3) is 0.812. The molecule has 5 nitrogen and oxygen atoms in total. The molecule has 3 fully saturated rings. The van der Waals surface area contributed by atoms with Gasteiger partial charge in [-0.3, -0.25) is 19.3 Å². The van der Waals surface area contributed by atoms with E-state index < -0.39 is 5.41 Å². The number of esters is 1. The van der Waals surface area contributed by atoms with Crippen molar-refractivity contribution in [3.05, 3.63) is 0 Å². The van der Waals surface area contributed by atoms with Gasteiger partial charge in [0.1, 0.15) is 0 Å². The van der Waals surface area contributed by atoms with Crippen molar-refractivity contribution in [1.82, 2.24) is 4.90 Å². The summed E-state index contributed by atoms with van der Waals surface area (Å²) in [7, 11) is 0. The predicted molar refractivity (Wildman–Crippen MR) is 75.0 cm³/mol.